The third kappa shape index (κ3) is 3.71. The predicted molar refractivity (Wildman–Crippen MR) is 119 cm³/mol. The summed E-state index contributed by atoms with van der Waals surface area (Å²) in [5, 5.41) is 5.82. The van der Waals surface area contributed by atoms with Crippen LogP contribution in [0.2, 0.25) is 5.02 Å². The fourth-order valence-corrected chi connectivity index (χ4v) is 4.04. The first kappa shape index (κ1) is 18.8. The summed E-state index contributed by atoms with van der Waals surface area (Å²) in [6.07, 6.45) is 0. The Labute approximate surface area is 171 Å². The molecule has 28 heavy (non-hydrogen) atoms. The van der Waals surface area contributed by atoms with E-state index in [4.69, 9.17) is 11.6 Å². The molecule has 0 bridgehead atoms. The van der Waals surface area contributed by atoms with Crippen LogP contribution < -0.4 is 5.32 Å². The van der Waals surface area contributed by atoms with Gasteiger partial charge < -0.3 is 9.88 Å². The molecule has 0 aliphatic heterocycles. The first-order chi connectivity index (χ1) is 13.6. The van der Waals surface area contributed by atoms with Crippen LogP contribution in [0.3, 0.4) is 0 Å². The molecule has 0 radical (unpaired) electrons. The van der Waals surface area contributed by atoms with Crippen molar-refractivity contribution in [3.8, 4) is 0 Å². The average molecular weight is 389 g/mol. The van der Waals surface area contributed by atoms with Gasteiger partial charge in [0.1, 0.15) is 0 Å². The summed E-state index contributed by atoms with van der Waals surface area (Å²) in [6.45, 7) is 6.03. The van der Waals surface area contributed by atoms with Crippen LogP contribution in [-0.4, -0.2) is 4.57 Å². The molecular weight excluding hydrogens is 364 g/mol. The van der Waals surface area contributed by atoms with Gasteiger partial charge in [-0.3, -0.25) is 0 Å². The molecule has 0 saturated heterocycles. The van der Waals surface area contributed by atoms with Crippen molar-refractivity contribution in [3.63, 3.8) is 0 Å². The first-order valence-electron chi connectivity index (χ1n) is 9.73. The molecule has 0 amide bonds. The van der Waals surface area contributed by atoms with Crippen LogP contribution in [-0.2, 0) is 13.1 Å². The number of rotatable bonds is 6. The quantitative estimate of drug-likeness (QED) is 0.398. The van der Waals surface area contributed by atoms with Crippen LogP contribution in [0.4, 0.5) is 0 Å². The zero-order valence-corrected chi connectivity index (χ0v) is 17.1. The van der Waals surface area contributed by atoms with E-state index in [0.717, 1.165) is 23.7 Å². The molecule has 0 aliphatic carbocycles. The Morgan fingerprint density at radius 1 is 0.893 bits per heavy atom. The van der Waals surface area contributed by atoms with Gasteiger partial charge in [-0.15, -0.1) is 0 Å². The van der Waals surface area contributed by atoms with Crippen LogP contribution in [0.15, 0.2) is 78.9 Å². The molecule has 1 heterocycles. The molecule has 1 atom stereocenters. The van der Waals surface area contributed by atoms with Crippen LogP contribution in [0.5, 0.6) is 0 Å². The Hall–Kier alpha value is -2.55. The fraction of sp³-hybridized carbons (Fsp3) is 0.200. The maximum absolute atomic E-state index is 6.43. The Morgan fingerprint density at radius 2 is 1.57 bits per heavy atom. The van der Waals surface area contributed by atoms with Gasteiger partial charge in [0.2, 0.25) is 0 Å². The summed E-state index contributed by atoms with van der Waals surface area (Å²) in [5.74, 6) is 0. The number of aromatic nitrogens is 1. The van der Waals surface area contributed by atoms with Crippen molar-refractivity contribution in [2.24, 2.45) is 0 Å². The van der Waals surface area contributed by atoms with Gasteiger partial charge in [-0.1, -0.05) is 78.3 Å². The molecule has 142 valence electrons. The van der Waals surface area contributed by atoms with E-state index in [1.165, 1.54) is 27.7 Å². The fourth-order valence-electron chi connectivity index (χ4n) is 3.84. The number of nitrogens with zero attached hydrogens (tertiary/aromatic N) is 1. The van der Waals surface area contributed by atoms with Gasteiger partial charge in [0.05, 0.1) is 0 Å². The lowest BCUT2D eigenvalue weighted by molar-refractivity contribution is 0.573. The van der Waals surface area contributed by atoms with E-state index in [0.29, 0.717) is 6.04 Å². The van der Waals surface area contributed by atoms with E-state index < -0.39 is 0 Å². The van der Waals surface area contributed by atoms with E-state index in [1.54, 1.807) is 0 Å². The van der Waals surface area contributed by atoms with Crippen molar-refractivity contribution >= 4 is 22.5 Å². The number of hydrogen-bond donors (Lipinski definition) is 1. The monoisotopic (exact) mass is 388 g/mol. The van der Waals surface area contributed by atoms with Gasteiger partial charge in [-0.25, -0.2) is 0 Å². The highest BCUT2D eigenvalue weighted by atomic mass is 35.5. The average Bonchev–Trinajstić information content (AvgIpc) is 3.00. The lowest BCUT2D eigenvalue weighted by Crippen LogP contribution is -2.18. The summed E-state index contributed by atoms with van der Waals surface area (Å²) in [5.41, 5.74) is 6.34. The van der Waals surface area contributed by atoms with Crippen molar-refractivity contribution in [2.75, 3.05) is 0 Å². The minimum Gasteiger partial charge on any atom is -0.340 e. The molecule has 0 spiro atoms. The summed E-state index contributed by atoms with van der Waals surface area (Å²) < 4.78 is 2.38. The van der Waals surface area contributed by atoms with E-state index in [-0.39, 0.29) is 0 Å². The number of fused-ring (bicyclic) bond motifs is 1. The van der Waals surface area contributed by atoms with E-state index in [2.05, 4.69) is 84.4 Å². The van der Waals surface area contributed by atoms with Gasteiger partial charge in [0.25, 0.3) is 0 Å². The van der Waals surface area contributed by atoms with E-state index in [9.17, 15) is 0 Å². The summed E-state index contributed by atoms with van der Waals surface area (Å²) in [6, 6.07) is 27.6. The van der Waals surface area contributed by atoms with Crippen molar-refractivity contribution in [1.82, 2.24) is 9.88 Å². The topological polar surface area (TPSA) is 17.0 Å². The number of halogens is 1. The molecule has 4 aromatic rings. The largest absolute Gasteiger partial charge is 0.340 e. The van der Waals surface area contributed by atoms with Gasteiger partial charge >= 0.3 is 0 Å². The zero-order chi connectivity index (χ0) is 19.5. The Morgan fingerprint density at radius 3 is 2.36 bits per heavy atom. The van der Waals surface area contributed by atoms with Crippen LogP contribution in [0.1, 0.15) is 35.3 Å². The second kappa shape index (κ2) is 8.22. The molecule has 0 fully saturated rings. The minimum atomic E-state index is 0.297. The molecule has 1 N–H and O–H groups in total. The smallest absolute Gasteiger partial charge is 0.0493 e. The highest BCUT2D eigenvalue weighted by Crippen LogP contribution is 2.28. The van der Waals surface area contributed by atoms with Gasteiger partial charge in [0, 0.05) is 40.8 Å². The molecular formula is C25H25ClN2. The lowest BCUT2D eigenvalue weighted by atomic mass is 10.1. The molecule has 4 rings (SSSR count). The van der Waals surface area contributed by atoms with Gasteiger partial charge in [-0.2, -0.15) is 0 Å². The predicted octanol–water partition coefficient (Wildman–Crippen LogP) is 6.50. The molecule has 2 nitrogen and oxygen atoms in total. The molecule has 3 heteroatoms. The van der Waals surface area contributed by atoms with Crippen molar-refractivity contribution < 1.29 is 0 Å². The van der Waals surface area contributed by atoms with Crippen LogP contribution in [0, 0.1) is 6.92 Å². The summed E-state index contributed by atoms with van der Waals surface area (Å²) >= 11 is 6.43. The van der Waals surface area contributed by atoms with E-state index >= 15 is 0 Å². The normalized spacial score (nSPS) is 12.4. The lowest BCUT2D eigenvalue weighted by Gasteiger charge is -2.15. The number of para-hydroxylation sites is 1. The number of nitrogens with one attached hydrogen (secondary N) is 1. The van der Waals surface area contributed by atoms with Gasteiger partial charge in [-0.05, 0) is 42.7 Å². The Bertz CT molecular complexity index is 1080. The third-order valence-corrected chi connectivity index (χ3v) is 5.90. The molecule has 1 aromatic heterocycles. The van der Waals surface area contributed by atoms with Crippen molar-refractivity contribution in [2.45, 2.75) is 33.0 Å². The SMILES string of the molecule is Cc1c(CN[C@H](C)c2ccccc2)c2ccccc2n1Cc1ccccc1Cl. The number of benzene rings is 3. The standard InChI is InChI=1S/C25H25ClN2/c1-18(20-10-4-3-5-11-20)27-16-23-19(2)28(25-15-9-7-13-22(23)25)17-21-12-6-8-14-24(21)26/h3-15,18,27H,16-17H2,1-2H3/t18-/m1/s1. The van der Waals surface area contributed by atoms with Gasteiger partial charge in [0.15, 0.2) is 0 Å². The number of hydrogen-bond acceptors (Lipinski definition) is 1. The minimum absolute atomic E-state index is 0.297. The highest BCUT2D eigenvalue weighted by Gasteiger charge is 2.15. The first-order valence-corrected chi connectivity index (χ1v) is 10.1. The highest BCUT2D eigenvalue weighted by molar-refractivity contribution is 6.31. The third-order valence-electron chi connectivity index (χ3n) is 5.53. The van der Waals surface area contributed by atoms with E-state index in [1.807, 2.05) is 18.2 Å². The molecule has 3 aromatic carbocycles. The zero-order valence-electron chi connectivity index (χ0n) is 16.3. The molecule has 0 aliphatic rings. The van der Waals surface area contributed by atoms with Crippen LogP contribution >= 0.6 is 11.6 Å². The van der Waals surface area contributed by atoms with Crippen LogP contribution in [0.25, 0.3) is 10.9 Å². The van der Waals surface area contributed by atoms with Crippen molar-refractivity contribution in [3.05, 3.63) is 106 Å². The summed E-state index contributed by atoms with van der Waals surface area (Å²) in [7, 11) is 0. The Balaban J connectivity index is 1.66. The second-order valence-corrected chi connectivity index (χ2v) is 7.68. The van der Waals surface area contributed by atoms with Crippen molar-refractivity contribution in [1.29, 1.82) is 0 Å². The Kier molecular flexibility index (Phi) is 5.52. The second-order valence-electron chi connectivity index (χ2n) is 7.27. The summed E-state index contributed by atoms with van der Waals surface area (Å²) in [4.78, 5) is 0. The molecule has 0 unspecified atom stereocenters. The molecule has 0 saturated carbocycles. The maximum atomic E-state index is 6.43. The maximum Gasteiger partial charge on any atom is 0.0493 e.